The van der Waals surface area contributed by atoms with Gasteiger partial charge in [-0.05, 0) is 11.6 Å². The molecule has 0 atom stereocenters. The SMILES string of the molecule is O=C(Cc1ccccc1F)NCCc1nn2cnnc2s1. The maximum atomic E-state index is 13.4. The Bertz CT molecular complexity index is 740. The Morgan fingerprint density at radius 1 is 1.38 bits per heavy atom. The highest BCUT2D eigenvalue weighted by molar-refractivity contribution is 7.16. The van der Waals surface area contributed by atoms with Crippen molar-refractivity contribution in [2.24, 2.45) is 0 Å². The van der Waals surface area contributed by atoms with Crippen LogP contribution in [0.4, 0.5) is 4.39 Å². The highest BCUT2D eigenvalue weighted by Crippen LogP contribution is 2.11. The Balaban J connectivity index is 1.50. The first-order valence-corrected chi connectivity index (χ1v) is 7.20. The van der Waals surface area contributed by atoms with Gasteiger partial charge in [-0.25, -0.2) is 4.39 Å². The number of hydrogen-bond donors (Lipinski definition) is 1. The van der Waals surface area contributed by atoms with Gasteiger partial charge in [-0.1, -0.05) is 29.5 Å². The molecule has 108 valence electrons. The zero-order valence-corrected chi connectivity index (χ0v) is 11.8. The molecule has 0 bridgehead atoms. The molecular formula is C13H12FN5OS. The van der Waals surface area contributed by atoms with Crippen LogP contribution < -0.4 is 5.32 Å². The maximum Gasteiger partial charge on any atom is 0.234 e. The number of amides is 1. The molecule has 0 radical (unpaired) electrons. The fourth-order valence-corrected chi connectivity index (χ4v) is 2.70. The van der Waals surface area contributed by atoms with Gasteiger partial charge in [0.25, 0.3) is 0 Å². The van der Waals surface area contributed by atoms with Crippen molar-refractivity contribution in [1.29, 1.82) is 0 Å². The number of fused-ring (bicyclic) bond motifs is 1. The topological polar surface area (TPSA) is 72.2 Å². The third kappa shape index (κ3) is 3.22. The van der Waals surface area contributed by atoms with Gasteiger partial charge >= 0.3 is 0 Å². The highest BCUT2D eigenvalue weighted by atomic mass is 32.1. The monoisotopic (exact) mass is 305 g/mol. The maximum absolute atomic E-state index is 13.4. The number of hydrogen-bond acceptors (Lipinski definition) is 5. The van der Waals surface area contributed by atoms with Crippen molar-refractivity contribution in [2.75, 3.05) is 6.54 Å². The fraction of sp³-hybridized carbons (Fsp3) is 0.231. The molecule has 8 heteroatoms. The van der Waals surface area contributed by atoms with Gasteiger partial charge in [0.05, 0.1) is 6.42 Å². The van der Waals surface area contributed by atoms with Crippen LogP contribution in [0.1, 0.15) is 10.6 Å². The zero-order chi connectivity index (χ0) is 14.7. The van der Waals surface area contributed by atoms with E-state index in [4.69, 9.17) is 0 Å². The third-order valence-corrected chi connectivity index (χ3v) is 3.87. The predicted octanol–water partition coefficient (Wildman–Crippen LogP) is 1.23. The summed E-state index contributed by atoms with van der Waals surface area (Å²) in [5.74, 6) is -0.565. The molecule has 1 N–H and O–H groups in total. The molecule has 0 fully saturated rings. The third-order valence-electron chi connectivity index (χ3n) is 2.90. The summed E-state index contributed by atoms with van der Waals surface area (Å²) in [7, 11) is 0. The number of aromatic nitrogens is 4. The average Bonchev–Trinajstić information content (AvgIpc) is 3.02. The van der Waals surface area contributed by atoms with Crippen molar-refractivity contribution in [1.82, 2.24) is 25.1 Å². The molecule has 0 aliphatic heterocycles. The summed E-state index contributed by atoms with van der Waals surface area (Å²) in [6.07, 6.45) is 2.18. The van der Waals surface area contributed by atoms with Crippen LogP contribution in [0.5, 0.6) is 0 Å². The number of halogens is 1. The minimum atomic E-state index is -0.360. The van der Waals surface area contributed by atoms with E-state index in [9.17, 15) is 9.18 Å². The second-order valence-corrected chi connectivity index (χ2v) is 5.46. The van der Waals surface area contributed by atoms with Gasteiger partial charge in [-0.2, -0.15) is 9.61 Å². The molecule has 0 saturated carbocycles. The quantitative estimate of drug-likeness (QED) is 0.769. The number of benzene rings is 1. The molecule has 1 aromatic carbocycles. The van der Waals surface area contributed by atoms with Crippen molar-refractivity contribution in [3.63, 3.8) is 0 Å². The van der Waals surface area contributed by atoms with Crippen LogP contribution >= 0.6 is 11.3 Å². The van der Waals surface area contributed by atoms with Crippen LogP contribution in [0.3, 0.4) is 0 Å². The molecule has 6 nitrogen and oxygen atoms in total. The Hall–Kier alpha value is -2.35. The second-order valence-electron chi connectivity index (χ2n) is 4.42. The molecule has 21 heavy (non-hydrogen) atoms. The first-order valence-electron chi connectivity index (χ1n) is 6.38. The lowest BCUT2D eigenvalue weighted by atomic mass is 10.1. The van der Waals surface area contributed by atoms with Gasteiger partial charge in [0, 0.05) is 13.0 Å². The lowest BCUT2D eigenvalue weighted by molar-refractivity contribution is -0.120. The van der Waals surface area contributed by atoms with Gasteiger partial charge in [-0.3, -0.25) is 4.79 Å². The van der Waals surface area contributed by atoms with E-state index in [1.54, 1.807) is 22.7 Å². The summed E-state index contributed by atoms with van der Waals surface area (Å²) in [6.45, 7) is 0.456. The van der Waals surface area contributed by atoms with E-state index in [-0.39, 0.29) is 18.1 Å². The smallest absolute Gasteiger partial charge is 0.234 e. The lowest BCUT2D eigenvalue weighted by Gasteiger charge is -2.04. The number of carbonyl (C=O) groups excluding carboxylic acids is 1. The summed E-state index contributed by atoms with van der Waals surface area (Å²) in [5, 5.41) is 15.5. The van der Waals surface area contributed by atoms with Crippen molar-refractivity contribution in [3.8, 4) is 0 Å². The van der Waals surface area contributed by atoms with E-state index in [1.165, 1.54) is 23.7 Å². The van der Waals surface area contributed by atoms with E-state index >= 15 is 0 Å². The van der Waals surface area contributed by atoms with Gasteiger partial charge in [-0.15, -0.1) is 10.2 Å². The van der Waals surface area contributed by atoms with Crippen LogP contribution in [0.25, 0.3) is 4.96 Å². The van der Waals surface area contributed by atoms with Crippen molar-refractivity contribution < 1.29 is 9.18 Å². The molecule has 2 heterocycles. The summed E-state index contributed by atoms with van der Waals surface area (Å²) in [5.41, 5.74) is 0.397. The molecule has 1 amide bonds. The van der Waals surface area contributed by atoms with Crippen LogP contribution in [0, 0.1) is 5.82 Å². The summed E-state index contributed by atoms with van der Waals surface area (Å²) < 4.78 is 15.0. The minimum absolute atomic E-state index is 0.0395. The van der Waals surface area contributed by atoms with Gasteiger partial charge in [0.15, 0.2) is 0 Å². The Morgan fingerprint density at radius 2 is 2.24 bits per heavy atom. The second kappa shape index (κ2) is 5.96. The Kier molecular flexibility index (Phi) is 3.87. The van der Waals surface area contributed by atoms with E-state index in [2.05, 4.69) is 20.6 Å². The van der Waals surface area contributed by atoms with Crippen molar-refractivity contribution in [2.45, 2.75) is 12.8 Å². The number of rotatable bonds is 5. The normalized spacial score (nSPS) is 10.9. The fourth-order valence-electron chi connectivity index (χ4n) is 1.89. The summed E-state index contributed by atoms with van der Waals surface area (Å²) in [6, 6.07) is 6.27. The molecule has 3 aromatic rings. The average molecular weight is 305 g/mol. The molecule has 3 rings (SSSR count). The van der Waals surface area contributed by atoms with Crippen LogP contribution in [-0.4, -0.2) is 32.3 Å². The molecule has 0 aliphatic rings. The summed E-state index contributed by atoms with van der Waals surface area (Å²) >= 11 is 1.43. The number of nitrogens with zero attached hydrogens (tertiary/aromatic N) is 4. The first kappa shape index (κ1) is 13.6. The standard InChI is InChI=1S/C13H12FN5OS/c14-10-4-2-1-3-9(10)7-11(20)15-6-5-12-18-19-8-16-17-13(19)21-12/h1-4,8H,5-7H2,(H,15,20). The van der Waals surface area contributed by atoms with E-state index < -0.39 is 0 Å². The number of nitrogens with one attached hydrogen (secondary N) is 1. The van der Waals surface area contributed by atoms with Gasteiger partial charge < -0.3 is 5.32 Å². The van der Waals surface area contributed by atoms with Crippen LogP contribution in [0.2, 0.25) is 0 Å². The molecule has 0 unspecified atom stereocenters. The zero-order valence-electron chi connectivity index (χ0n) is 11.0. The van der Waals surface area contributed by atoms with Gasteiger partial charge in [0.2, 0.25) is 10.9 Å². The van der Waals surface area contributed by atoms with Gasteiger partial charge in [0.1, 0.15) is 17.2 Å². The summed E-state index contributed by atoms with van der Waals surface area (Å²) in [4.78, 5) is 12.5. The highest BCUT2D eigenvalue weighted by Gasteiger charge is 2.08. The molecular weight excluding hydrogens is 293 g/mol. The van der Waals surface area contributed by atoms with E-state index in [0.717, 1.165) is 9.97 Å². The molecule has 0 spiro atoms. The molecule has 0 aliphatic carbocycles. The molecule has 0 saturated heterocycles. The lowest BCUT2D eigenvalue weighted by Crippen LogP contribution is -2.27. The van der Waals surface area contributed by atoms with Crippen molar-refractivity contribution in [3.05, 3.63) is 47.0 Å². The number of carbonyl (C=O) groups is 1. The molecule has 2 aromatic heterocycles. The van der Waals surface area contributed by atoms with E-state index in [0.29, 0.717) is 18.5 Å². The van der Waals surface area contributed by atoms with E-state index in [1.807, 2.05) is 0 Å². The Labute approximate surface area is 123 Å². The largest absolute Gasteiger partial charge is 0.355 e. The minimum Gasteiger partial charge on any atom is -0.355 e. The van der Waals surface area contributed by atoms with Crippen LogP contribution in [-0.2, 0) is 17.6 Å². The Morgan fingerprint density at radius 3 is 3.05 bits per heavy atom. The first-order chi connectivity index (χ1) is 10.2. The van der Waals surface area contributed by atoms with Crippen molar-refractivity contribution >= 4 is 22.2 Å². The van der Waals surface area contributed by atoms with Crippen LogP contribution in [0.15, 0.2) is 30.6 Å². The predicted molar refractivity (Wildman–Crippen MR) is 75.5 cm³/mol.